The van der Waals surface area contributed by atoms with Gasteiger partial charge in [-0.15, -0.1) is 0 Å². The molecule has 0 radical (unpaired) electrons. The second kappa shape index (κ2) is 7.33. The predicted octanol–water partition coefficient (Wildman–Crippen LogP) is 2.48. The molecule has 6 nitrogen and oxygen atoms in total. The van der Waals surface area contributed by atoms with Crippen LogP contribution in [-0.4, -0.2) is 29.1 Å². The second-order valence-corrected chi connectivity index (χ2v) is 5.19. The molecule has 2 aromatic heterocycles. The van der Waals surface area contributed by atoms with E-state index in [0.29, 0.717) is 30.4 Å². The smallest absolute Gasteiger partial charge is 0.368 e. The van der Waals surface area contributed by atoms with E-state index < -0.39 is 11.7 Å². The fourth-order valence-corrected chi connectivity index (χ4v) is 2.04. The summed E-state index contributed by atoms with van der Waals surface area (Å²) in [6, 6.07) is 2.19. The summed E-state index contributed by atoms with van der Waals surface area (Å²) < 4.78 is 42.2. The minimum absolute atomic E-state index is 0.166. The van der Waals surface area contributed by atoms with Gasteiger partial charge in [0.2, 0.25) is 5.91 Å². The number of aromatic nitrogens is 2. The van der Waals surface area contributed by atoms with E-state index in [1.54, 1.807) is 13.8 Å². The lowest BCUT2D eigenvalue weighted by atomic mass is 10.1. The molecule has 2 N–H and O–H groups in total. The lowest BCUT2D eigenvalue weighted by Gasteiger charge is -2.09. The average molecular weight is 342 g/mol. The average Bonchev–Trinajstić information content (AvgIpc) is 2.83. The molecule has 0 aliphatic heterocycles. The number of carbonyl (C=O) groups is 1. The minimum Gasteiger partial charge on any atom is -0.368 e. The minimum atomic E-state index is -4.41. The highest BCUT2D eigenvalue weighted by molar-refractivity contribution is 5.79. The summed E-state index contributed by atoms with van der Waals surface area (Å²) in [5.74, 6) is 0.726. The number of alkyl halides is 3. The first-order valence-corrected chi connectivity index (χ1v) is 7.23. The molecule has 0 aliphatic carbocycles. The SMILES string of the molecule is Cc1noc(C)c1CC(=O)NCCNc1ccc(C(F)(F)F)cn1. The van der Waals surface area contributed by atoms with Crippen LogP contribution < -0.4 is 10.6 Å². The third kappa shape index (κ3) is 4.71. The number of amides is 1. The van der Waals surface area contributed by atoms with E-state index in [1.165, 1.54) is 6.07 Å². The van der Waals surface area contributed by atoms with Gasteiger partial charge in [-0.05, 0) is 26.0 Å². The highest BCUT2D eigenvalue weighted by Gasteiger charge is 2.30. The maximum atomic E-state index is 12.4. The van der Waals surface area contributed by atoms with E-state index in [0.717, 1.165) is 17.8 Å². The summed E-state index contributed by atoms with van der Waals surface area (Å²) >= 11 is 0. The van der Waals surface area contributed by atoms with Crippen molar-refractivity contribution in [2.45, 2.75) is 26.4 Å². The number of anilines is 1. The van der Waals surface area contributed by atoms with Crippen LogP contribution in [0.3, 0.4) is 0 Å². The fraction of sp³-hybridized carbons (Fsp3) is 0.400. The Labute approximate surface area is 136 Å². The Kier molecular flexibility index (Phi) is 5.42. The highest BCUT2D eigenvalue weighted by atomic mass is 19.4. The van der Waals surface area contributed by atoms with Crippen LogP contribution in [-0.2, 0) is 17.4 Å². The van der Waals surface area contributed by atoms with E-state index in [1.807, 2.05) is 0 Å². The molecule has 1 amide bonds. The molecule has 0 saturated heterocycles. The van der Waals surface area contributed by atoms with Crippen LogP contribution in [0.4, 0.5) is 19.0 Å². The lowest BCUT2D eigenvalue weighted by molar-refractivity contribution is -0.137. The molecule has 0 atom stereocenters. The molecule has 2 aromatic rings. The van der Waals surface area contributed by atoms with Crippen LogP contribution in [0.15, 0.2) is 22.9 Å². The van der Waals surface area contributed by atoms with Crippen LogP contribution in [0.5, 0.6) is 0 Å². The van der Waals surface area contributed by atoms with Gasteiger partial charge in [-0.2, -0.15) is 13.2 Å². The van der Waals surface area contributed by atoms with Crippen molar-refractivity contribution in [3.63, 3.8) is 0 Å². The van der Waals surface area contributed by atoms with Gasteiger partial charge in [-0.1, -0.05) is 5.16 Å². The summed E-state index contributed by atoms with van der Waals surface area (Å²) in [6.45, 7) is 4.15. The molecular weight excluding hydrogens is 325 g/mol. The molecule has 24 heavy (non-hydrogen) atoms. The maximum Gasteiger partial charge on any atom is 0.417 e. The Morgan fingerprint density at radius 1 is 1.25 bits per heavy atom. The summed E-state index contributed by atoms with van der Waals surface area (Å²) in [6.07, 6.45) is -3.48. The zero-order valence-corrected chi connectivity index (χ0v) is 13.2. The summed E-state index contributed by atoms with van der Waals surface area (Å²) in [4.78, 5) is 15.5. The monoisotopic (exact) mass is 342 g/mol. The topological polar surface area (TPSA) is 80.0 Å². The molecule has 130 valence electrons. The van der Waals surface area contributed by atoms with Crippen LogP contribution in [0.25, 0.3) is 0 Å². The van der Waals surface area contributed by atoms with Gasteiger partial charge in [0.1, 0.15) is 11.6 Å². The molecule has 9 heteroatoms. The van der Waals surface area contributed by atoms with Gasteiger partial charge in [-0.3, -0.25) is 4.79 Å². The third-order valence-corrected chi connectivity index (χ3v) is 3.36. The van der Waals surface area contributed by atoms with Crippen molar-refractivity contribution in [1.29, 1.82) is 0 Å². The first-order valence-electron chi connectivity index (χ1n) is 7.23. The molecule has 0 bridgehead atoms. The van der Waals surface area contributed by atoms with Crippen molar-refractivity contribution >= 4 is 11.7 Å². The fourth-order valence-electron chi connectivity index (χ4n) is 2.04. The first kappa shape index (κ1) is 17.8. The Bertz CT molecular complexity index is 676. The lowest BCUT2D eigenvalue weighted by Crippen LogP contribution is -2.30. The zero-order chi connectivity index (χ0) is 17.7. The maximum absolute atomic E-state index is 12.4. The molecule has 2 heterocycles. The first-order chi connectivity index (χ1) is 11.3. The van der Waals surface area contributed by atoms with Gasteiger partial charge in [0, 0.05) is 24.8 Å². The normalized spacial score (nSPS) is 11.4. The van der Waals surface area contributed by atoms with Crippen LogP contribution in [0, 0.1) is 13.8 Å². The molecule has 0 spiro atoms. The third-order valence-electron chi connectivity index (χ3n) is 3.36. The number of rotatable bonds is 6. The van der Waals surface area contributed by atoms with Gasteiger partial charge < -0.3 is 15.2 Å². The van der Waals surface area contributed by atoms with Gasteiger partial charge in [0.05, 0.1) is 17.7 Å². The predicted molar refractivity (Wildman–Crippen MR) is 80.4 cm³/mol. The second-order valence-electron chi connectivity index (χ2n) is 5.19. The Morgan fingerprint density at radius 3 is 2.54 bits per heavy atom. The van der Waals surface area contributed by atoms with Crippen molar-refractivity contribution < 1.29 is 22.5 Å². The molecular formula is C15H17F3N4O2. The van der Waals surface area contributed by atoms with Gasteiger partial charge in [0.15, 0.2) is 0 Å². The van der Waals surface area contributed by atoms with E-state index in [9.17, 15) is 18.0 Å². The Hall–Kier alpha value is -2.58. The number of carbonyl (C=O) groups excluding carboxylic acids is 1. The molecule has 0 aliphatic rings. The van der Waals surface area contributed by atoms with Crippen molar-refractivity contribution in [3.8, 4) is 0 Å². The Balaban J connectivity index is 1.74. The number of pyridine rings is 1. The van der Waals surface area contributed by atoms with Gasteiger partial charge in [-0.25, -0.2) is 4.98 Å². The molecule has 0 unspecified atom stereocenters. The number of nitrogens with one attached hydrogen (secondary N) is 2. The molecule has 0 fully saturated rings. The Morgan fingerprint density at radius 2 is 2.00 bits per heavy atom. The number of halogens is 3. The van der Waals surface area contributed by atoms with E-state index >= 15 is 0 Å². The summed E-state index contributed by atoms with van der Waals surface area (Å²) in [5.41, 5.74) is 0.625. The van der Waals surface area contributed by atoms with Crippen LogP contribution >= 0.6 is 0 Å². The largest absolute Gasteiger partial charge is 0.417 e. The van der Waals surface area contributed by atoms with Crippen LogP contribution in [0.1, 0.15) is 22.6 Å². The van der Waals surface area contributed by atoms with Crippen LogP contribution in [0.2, 0.25) is 0 Å². The van der Waals surface area contributed by atoms with Crippen molar-refractivity contribution in [3.05, 3.63) is 40.9 Å². The van der Waals surface area contributed by atoms with Crippen molar-refractivity contribution in [2.24, 2.45) is 0 Å². The van der Waals surface area contributed by atoms with E-state index in [4.69, 9.17) is 4.52 Å². The summed E-state index contributed by atoms with van der Waals surface area (Å²) in [7, 11) is 0. The highest BCUT2D eigenvalue weighted by Crippen LogP contribution is 2.28. The van der Waals surface area contributed by atoms with Crippen molar-refractivity contribution in [2.75, 3.05) is 18.4 Å². The summed E-state index contributed by atoms with van der Waals surface area (Å²) in [5, 5.41) is 9.31. The number of hydrogen-bond acceptors (Lipinski definition) is 5. The van der Waals surface area contributed by atoms with Crippen molar-refractivity contribution in [1.82, 2.24) is 15.5 Å². The van der Waals surface area contributed by atoms with Gasteiger partial charge >= 0.3 is 6.18 Å². The molecule has 2 rings (SSSR count). The standard InChI is InChI=1S/C15H17F3N4O2/c1-9-12(10(2)24-22-9)7-14(23)20-6-5-19-13-4-3-11(8-21-13)15(16,17)18/h3-4,8H,5-7H2,1-2H3,(H,19,21)(H,20,23). The van der Waals surface area contributed by atoms with Gasteiger partial charge in [0.25, 0.3) is 0 Å². The zero-order valence-electron chi connectivity index (χ0n) is 13.2. The quantitative estimate of drug-likeness (QED) is 0.789. The molecule has 0 aromatic carbocycles. The number of nitrogens with zero attached hydrogens (tertiary/aromatic N) is 2. The van der Waals surface area contributed by atoms with E-state index in [2.05, 4.69) is 20.8 Å². The number of aryl methyl sites for hydroxylation is 2. The van der Waals surface area contributed by atoms with E-state index in [-0.39, 0.29) is 12.3 Å². The number of hydrogen-bond donors (Lipinski definition) is 2. The molecule has 0 saturated carbocycles.